The van der Waals surface area contributed by atoms with Crippen molar-refractivity contribution in [2.24, 2.45) is 0 Å². The fourth-order valence-electron chi connectivity index (χ4n) is 3.05. The van der Waals surface area contributed by atoms with Crippen LogP contribution in [0.4, 0.5) is 0 Å². The van der Waals surface area contributed by atoms with Gasteiger partial charge in [0, 0.05) is 7.11 Å². The van der Waals surface area contributed by atoms with Crippen LogP contribution in [0.15, 0.2) is 48.5 Å². The maximum atomic E-state index is 9.75. The molecular formula is C18H21NO2. The van der Waals surface area contributed by atoms with E-state index in [1.54, 1.807) is 7.11 Å². The molecule has 0 aromatic heterocycles. The van der Waals surface area contributed by atoms with Crippen molar-refractivity contribution in [2.45, 2.75) is 18.6 Å². The third-order valence-corrected chi connectivity index (χ3v) is 4.02. The summed E-state index contributed by atoms with van der Waals surface area (Å²) in [5.41, 5.74) is 5.26. The number of aliphatic hydroxyl groups is 1. The molecule has 0 spiro atoms. The Morgan fingerprint density at radius 3 is 2.19 bits per heavy atom. The molecule has 0 fully saturated rings. The topological polar surface area (TPSA) is 41.5 Å². The summed E-state index contributed by atoms with van der Waals surface area (Å²) in [7, 11) is 1.61. The molecule has 3 nitrogen and oxygen atoms in total. The molecule has 1 aliphatic carbocycles. The summed E-state index contributed by atoms with van der Waals surface area (Å²) in [6.07, 6.45) is 0.281. The molecule has 0 amide bonds. The molecule has 2 aromatic rings. The number of hydrogen-bond donors (Lipinski definition) is 2. The first-order valence-corrected chi connectivity index (χ1v) is 7.40. The van der Waals surface area contributed by atoms with Gasteiger partial charge in [0.15, 0.2) is 0 Å². The molecule has 3 rings (SSSR count). The standard InChI is InChI=1S/C18H21NO2/c1-21-12-13(20)10-11-19-18-16-8-4-2-6-14(16)15-7-3-5-9-17(15)18/h2-9,13,18-20H,10-12H2,1H3/t13-/m0/s1. The lowest BCUT2D eigenvalue weighted by Gasteiger charge is -2.17. The first-order chi connectivity index (χ1) is 10.3. The van der Waals surface area contributed by atoms with Crippen LogP contribution >= 0.6 is 0 Å². The van der Waals surface area contributed by atoms with Crippen molar-refractivity contribution in [1.82, 2.24) is 5.32 Å². The quantitative estimate of drug-likeness (QED) is 0.856. The Bertz CT molecular complexity index is 566. The lowest BCUT2D eigenvalue weighted by Crippen LogP contribution is -2.26. The van der Waals surface area contributed by atoms with E-state index in [0.29, 0.717) is 13.0 Å². The van der Waals surface area contributed by atoms with Crippen LogP contribution in [0, 0.1) is 0 Å². The molecule has 0 saturated heterocycles. The van der Waals surface area contributed by atoms with Crippen molar-refractivity contribution in [2.75, 3.05) is 20.3 Å². The third kappa shape index (κ3) is 2.86. The summed E-state index contributed by atoms with van der Waals surface area (Å²) in [5.74, 6) is 0. The van der Waals surface area contributed by atoms with Crippen molar-refractivity contribution < 1.29 is 9.84 Å². The lowest BCUT2D eigenvalue weighted by atomic mass is 10.1. The smallest absolute Gasteiger partial charge is 0.0785 e. The van der Waals surface area contributed by atoms with Crippen LogP contribution in [0.5, 0.6) is 0 Å². The number of ether oxygens (including phenoxy) is 1. The number of aliphatic hydroxyl groups excluding tert-OH is 1. The van der Waals surface area contributed by atoms with Gasteiger partial charge in [0.05, 0.1) is 18.8 Å². The van der Waals surface area contributed by atoms with Gasteiger partial charge < -0.3 is 15.2 Å². The van der Waals surface area contributed by atoms with Gasteiger partial charge in [-0.25, -0.2) is 0 Å². The minimum atomic E-state index is -0.408. The predicted molar refractivity (Wildman–Crippen MR) is 84.2 cm³/mol. The monoisotopic (exact) mass is 283 g/mol. The van der Waals surface area contributed by atoms with Gasteiger partial charge in [0.25, 0.3) is 0 Å². The van der Waals surface area contributed by atoms with Crippen LogP contribution in [0.25, 0.3) is 11.1 Å². The molecule has 0 aliphatic heterocycles. The summed E-state index contributed by atoms with van der Waals surface area (Å²) >= 11 is 0. The van der Waals surface area contributed by atoms with Gasteiger partial charge in [0.1, 0.15) is 0 Å². The fraction of sp³-hybridized carbons (Fsp3) is 0.333. The van der Waals surface area contributed by atoms with E-state index >= 15 is 0 Å². The highest BCUT2D eigenvalue weighted by molar-refractivity contribution is 5.78. The molecule has 2 N–H and O–H groups in total. The molecule has 110 valence electrons. The summed E-state index contributed by atoms with van der Waals surface area (Å²) in [5, 5.41) is 13.3. The number of fused-ring (bicyclic) bond motifs is 3. The van der Waals surface area contributed by atoms with Crippen molar-refractivity contribution in [3.63, 3.8) is 0 Å². The molecule has 0 saturated carbocycles. The lowest BCUT2D eigenvalue weighted by molar-refractivity contribution is 0.0592. The molecule has 1 atom stereocenters. The van der Waals surface area contributed by atoms with E-state index in [9.17, 15) is 5.11 Å². The molecular weight excluding hydrogens is 262 g/mol. The van der Waals surface area contributed by atoms with E-state index in [1.807, 2.05) is 0 Å². The SMILES string of the molecule is COC[C@@H](O)CCNC1c2ccccc2-c2ccccc21. The zero-order valence-electron chi connectivity index (χ0n) is 12.3. The summed E-state index contributed by atoms with van der Waals surface area (Å²) < 4.78 is 4.96. The highest BCUT2D eigenvalue weighted by Crippen LogP contribution is 2.42. The van der Waals surface area contributed by atoms with E-state index in [0.717, 1.165) is 6.54 Å². The zero-order valence-corrected chi connectivity index (χ0v) is 12.3. The Hall–Kier alpha value is -1.68. The van der Waals surface area contributed by atoms with Crippen LogP contribution in [0.3, 0.4) is 0 Å². The highest BCUT2D eigenvalue weighted by Gasteiger charge is 2.27. The molecule has 0 heterocycles. The van der Waals surface area contributed by atoms with Crippen LogP contribution in [-0.4, -0.2) is 31.5 Å². The first-order valence-electron chi connectivity index (χ1n) is 7.40. The van der Waals surface area contributed by atoms with Gasteiger partial charge in [-0.1, -0.05) is 48.5 Å². The van der Waals surface area contributed by atoms with Crippen LogP contribution < -0.4 is 5.32 Å². The second-order valence-corrected chi connectivity index (χ2v) is 5.46. The number of hydrogen-bond acceptors (Lipinski definition) is 3. The molecule has 1 aliphatic rings. The van der Waals surface area contributed by atoms with E-state index in [-0.39, 0.29) is 6.04 Å². The summed E-state index contributed by atoms with van der Waals surface area (Å²) in [6.45, 7) is 1.15. The van der Waals surface area contributed by atoms with Crippen molar-refractivity contribution in [3.8, 4) is 11.1 Å². The van der Waals surface area contributed by atoms with Gasteiger partial charge in [-0.15, -0.1) is 0 Å². The van der Waals surface area contributed by atoms with Crippen molar-refractivity contribution in [1.29, 1.82) is 0 Å². The van der Waals surface area contributed by atoms with E-state index in [4.69, 9.17) is 4.74 Å². The van der Waals surface area contributed by atoms with Crippen LogP contribution in [0.1, 0.15) is 23.6 Å². The normalized spacial score (nSPS) is 14.8. The van der Waals surface area contributed by atoms with Gasteiger partial charge in [-0.05, 0) is 35.2 Å². The summed E-state index contributed by atoms with van der Waals surface area (Å²) in [4.78, 5) is 0. The van der Waals surface area contributed by atoms with E-state index in [1.165, 1.54) is 22.3 Å². The van der Waals surface area contributed by atoms with Gasteiger partial charge in [-0.2, -0.15) is 0 Å². The third-order valence-electron chi connectivity index (χ3n) is 4.02. The molecule has 3 heteroatoms. The average molecular weight is 283 g/mol. The Labute approximate surface area is 125 Å². The van der Waals surface area contributed by atoms with E-state index < -0.39 is 6.10 Å². The minimum absolute atomic E-state index is 0.215. The van der Waals surface area contributed by atoms with Crippen LogP contribution in [-0.2, 0) is 4.74 Å². The number of nitrogens with one attached hydrogen (secondary N) is 1. The molecule has 0 radical (unpaired) electrons. The molecule has 0 bridgehead atoms. The molecule has 21 heavy (non-hydrogen) atoms. The van der Waals surface area contributed by atoms with Gasteiger partial charge >= 0.3 is 0 Å². The Morgan fingerprint density at radius 1 is 1.05 bits per heavy atom. The zero-order chi connectivity index (χ0) is 14.7. The van der Waals surface area contributed by atoms with Gasteiger partial charge in [-0.3, -0.25) is 0 Å². The maximum absolute atomic E-state index is 9.75. The van der Waals surface area contributed by atoms with Gasteiger partial charge in [0.2, 0.25) is 0 Å². The maximum Gasteiger partial charge on any atom is 0.0785 e. The number of rotatable bonds is 6. The average Bonchev–Trinajstić information content (AvgIpc) is 2.83. The number of benzene rings is 2. The first kappa shape index (κ1) is 14.3. The predicted octanol–water partition coefficient (Wildman–Crippen LogP) is 2.74. The highest BCUT2D eigenvalue weighted by atomic mass is 16.5. The second-order valence-electron chi connectivity index (χ2n) is 5.46. The Morgan fingerprint density at radius 2 is 1.62 bits per heavy atom. The van der Waals surface area contributed by atoms with Crippen LogP contribution in [0.2, 0.25) is 0 Å². The number of methoxy groups -OCH3 is 1. The largest absolute Gasteiger partial charge is 0.391 e. The van der Waals surface area contributed by atoms with Crippen molar-refractivity contribution in [3.05, 3.63) is 59.7 Å². The molecule has 2 aromatic carbocycles. The second kappa shape index (κ2) is 6.39. The Balaban J connectivity index is 1.76. The van der Waals surface area contributed by atoms with Crippen molar-refractivity contribution >= 4 is 0 Å². The minimum Gasteiger partial charge on any atom is -0.391 e. The van der Waals surface area contributed by atoms with E-state index in [2.05, 4.69) is 53.8 Å². The fourth-order valence-corrected chi connectivity index (χ4v) is 3.05. The Kier molecular flexibility index (Phi) is 4.34. The molecule has 0 unspecified atom stereocenters. The summed E-state index contributed by atoms with van der Waals surface area (Å²) in [6, 6.07) is 17.3.